The summed E-state index contributed by atoms with van der Waals surface area (Å²) in [5.41, 5.74) is 2.72. The van der Waals surface area contributed by atoms with Crippen molar-refractivity contribution in [1.29, 1.82) is 0 Å². The minimum Gasteiger partial charge on any atom is -0.465 e. The summed E-state index contributed by atoms with van der Waals surface area (Å²) in [6.07, 6.45) is 1.17. The average molecular weight is 426 g/mol. The third kappa shape index (κ3) is 3.88. The Morgan fingerprint density at radius 1 is 1.27 bits per heavy atom. The number of hydrogen-bond acceptors (Lipinski definition) is 6. The topological polar surface area (TPSA) is 68.5 Å². The molecule has 0 aromatic carbocycles. The lowest BCUT2D eigenvalue weighted by Crippen LogP contribution is -2.36. The zero-order valence-electron chi connectivity index (χ0n) is 17.8. The minimum absolute atomic E-state index is 0.0582. The quantitative estimate of drug-likeness (QED) is 0.666. The molecule has 0 unspecified atom stereocenters. The number of rotatable bonds is 5. The predicted octanol–water partition coefficient (Wildman–Crippen LogP) is 5.21. The lowest BCUT2D eigenvalue weighted by atomic mass is 9.74. The summed E-state index contributed by atoms with van der Waals surface area (Å²) in [6, 6.07) is 7.83. The van der Waals surface area contributed by atoms with E-state index in [9.17, 15) is 9.59 Å². The summed E-state index contributed by atoms with van der Waals surface area (Å²) >= 11 is 1.68. The Balaban J connectivity index is 1.75. The first kappa shape index (κ1) is 20.7. The van der Waals surface area contributed by atoms with Crippen molar-refractivity contribution in [3.05, 3.63) is 68.6 Å². The zero-order valence-corrected chi connectivity index (χ0v) is 18.6. The number of aryl methyl sites for hydroxylation is 1. The first-order valence-corrected chi connectivity index (χ1v) is 11.2. The Hall–Kier alpha value is -2.60. The van der Waals surface area contributed by atoms with Crippen LogP contribution in [0, 0.1) is 12.8 Å². The number of esters is 1. The van der Waals surface area contributed by atoms with Crippen LogP contribution in [0.1, 0.15) is 61.8 Å². The molecule has 1 N–H and O–H groups in total. The van der Waals surface area contributed by atoms with Gasteiger partial charge in [-0.3, -0.25) is 4.79 Å². The van der Waals surface area contributed by atoms with Crippen molar-refractivity contribution < 1.29 is 18.7 Å². The maximum absolute atomic E-state index is 13.4. The van der Waals surface area contributed by atoms with Gasteiger partial charge in [0.2, 0.25) is 0 Å². The van der Waals surface area contributed by atoms with Crippen molar-refractivity contribution in [2.75, 3.05) is 6.61 Å². The highest BCUT2D eigenvalue weighted by Gasteiger charge is 2.43. The second kappa shape index (κ2) is 8.26. The minimum atomic E-state index is -0.536. The van der Waals surface area contributed by atoms with Crippen LogP contribution in [0.2, 0.25) is 0 Å². The molecule has 0 spiro atoms. The van der Waals surface area contributed by atoms with Gasteiger partial charge in [-0.05, 0) is 49.8 Å². The number of carbonyl (C=O) groups is 2. The molecule has 0 amide bonds. The molecule has 2 aliphatic rings. The fraction of sp³-hybridized carbons (Fsp3) is 0.417. The van der Waals surface area contributed by atoms with E-state index in [0.29, 0.717) is 29.9 Å². The number of allylic oxidation sites excluding steroid dienone is 3. The molecule has 0 saturated carbocycles. The molecule has 158 valence electrons. The lowest BCUT2D eigenvalue weighted by molar-refractivity contribution is -0.140. The van der Waals surface area contributed by atoms with E-state index in [-0.39, 0.29) is 17.6 Å². The summed E-state index contributed by atoms with van der Waals surface area (Å²) in [6.45, 7) is 8.06. The molecular formula is C24H27NO4S. The molecule has 0 bridgehead atoms. The van der Waals surface area contributed by atoms with Crippen molar-refractivity contribution in [3.63, 3.8) is 0 Å². The Kier molecular flexibility index (Phi) is 5.69. The van der Waals surface area contributed by atoms with Gasteiger partial charge in [-0.25, -0.2) is 4.79 Å². The first-order valence-electron chi connectivity index (χ1n) is 10.4. The lowest BCUT2D eigenvalue weighted by Gasteiger charge is -2.35. The molecule has 4 rings (SSSR count). The van der Waals surface area contributed by atoms with Crippen molar-refractivity contribution in [2.45, 2.75) is 52.4 Å². The van der Waals surface area contributed by atoms with E-state index in [1.54, 1.807) is 11.3 Å². The second-order valence-electron chi connectivity index (χ2n) is 8.47. The smallest absolute Gasteiger partial charge is 0.336 e. The summed E-state index contributed by atoms with van der Waals surface area (Å²) in [7, 11) is 0. The first-order chi connectivity index (χ1) is 14.3. The molecule has 2 atom stereocenters. The molecular weight excluding hydrogens is 398 g/mol. The third-order valence-electron chi connectivity index (χ3n) is 5.59. The summed E-state index contributed by atoms with van der Waals surface area (Å²) in [5.74, 6) is 0.873. The highest BCUT2D eigenvalue weighted by molar-refractivity contribution is 7.10. The fourth-order valence-electron chi connectivity index (χ4n) is 4.25. The van der Waals surface area contributed by atoms with Gasteiger partial charge in [0.25, 0.3) is 0 Å². The van der Waals surface area contributed by atoms with Crippen molar-refractivity contribution in [2.24, 2.45) is 5.92 Å². The normalized spacial score (nSPS) is 21.7. The Bertz CT molecular complexity index is 1030. The summed E-state index contributed by atoms with van der Waals surface area (Å²) in [4.78, 5) is 27.6. The molecule has 30 heavy (non-hydrogen) atoms. The van der Waals surface area contributed by atoms with Gasteiger partial charge in [-0.15, -0.1) is 11.3 Å². The number of thiophene rings is 1. The molecule has 1 aliphatic heterocycles. The Morgan fingerprint density at radius 3 is 2.70 bits per heavy atom. The largest absolute Gasteiger partial charge is 0.465 e. The maximum atomic E-state index is 13.4. The monoisotopic (exact) mass is 425 g/mol. The fourth-order valence-corrected chi connectivity index (χ4v) is 5.08. The number of carbonyl (C=O) groups excluding carboxylic acids is 2. The van der Waals surface area contributed by atoms with Crippen LogP contribution in [-0.2, 0) is 14.3 Å². The van der Waals surface area contributed by atoms with Crippen LogP contribution in [0.25, 0.3) is 0 Å². The van der Waals surface area contributed by atoms with Crippen LogP contribution < -0.4 is 5.32 Å². The van der Waals surface area contributed by atoms with Crippen LogP contribution >= 0.6 is 11.3 Å². The van der Waals surface area contributed by atoms with Gasteiger partial charge in [-0.2, -0.15) is 0 Å². The number of Topliss-reactive ketones (excluding diaryl/α,β-unsaturated/α-hetero) is 1. The van der Waals surface area contributed by atoms with Gasteiger partial charge in [0.05, 0.1) is 18.1 Å². The molecule has 6 heteroatoms. The molecule has 3 heterocycles. The van der Waals surface area contributed by atoms with Crippen molar-refractivity contribution in [1.82, 2.24) is 5.32 Å². The highest BCUT2D eigenvalue weighted by atomic mass is 32.1. The molecule has 0 radical (unpaired) electrons. The van der Waals surface area contributed by atoms with E-state index < -0.39 is 11.9 Å². The van der Waals surface area contributed by atoms with Gasteiger partial charge in [0, 0.05) is 34.2 Å². The second-order valence-corrected chi connectivity index (χ2v) is 9.45. The number of nitrogens with one attached hydrogen (secondary N) is 1. The van der Waals surface area contributed by atoms with Crippen molar-refractivity contribution in [3.8, 4) is 0 Å². The molecule has 0 fully saturated rings. The SMILES string of the molecule is CC1=C(C(=O)OCC(C)C)[C@H](c2ccc(C)o2)C2=C(C[C@H](c3cccs3)CC2=O)N1. The summed E-state index contributed by atoms with van der Waals surface area (Å²) < 4.78 is 11.5. The van der Waals surface area contributed by atoms with Crippen LogP contribution in [0.15, 0.2) is 56.6 Å². The van der Waals surface area contributed by atoms with Gasteiger partial charge in [0.1, 0.15) is 11.5 Å². The van der Waals surface area contributed by atoms with Crippen LogP contribution in [0.5, 0.6) is 0 Å². The predicted molar refractivity (Wildman–Crippen MR) is 116 cm³/mol. The third-order valence-corrected chi connectivity index (χ3v) is 6.62. The Morgan fingerprint density at radius 2 is 2.07 bits per heavy atom. The number of dihydropyridines is 1. The van der Waals surface area contributed by atoms with E-state index in [1.165, 1.54) is 4.88 Å². The molecule has 5 nitrogen and oxygen atoms in total. The van der Waals surface area contributed by atoms with E-state index in [4.69, 9.17) is 9.15 Å². The number of furan rings is 1. The van der Waals surface area contributed by atoms with E-state index >= 15 is 0 Å². The molecule has 2 aromatic rings. The van der Waals surface area contributed by atoms with E-state index in [2.05, 4.69) is 11.4 Å². The van der Waals surface area contributed by atoms with E-state index in [0.717, 1.165) is 23.6 Å². The number of ether oxygens (including phenoxy) is 1. The highest BCUT2D eigenvalue weighted by Crippen LogP contribution is 2.46. The van der Waals surface area contributed by atoms with Crippen LogP contribution in [0.3, 0.4) is 0 Å². The number of ketones is 1. The molecule has 2 aromatic heterocycles. The van der Waals surface area contributed by atoms with Gasteiger partial charge < -0.3 is 14.5 Å². The summed E-state index contributed by atoms with van der Waals surface area (Å²) in [5, 5.41) is 5.41. The van der Waals surface area contributed by atoms with E-state index in [1.807, 2.05) is 51.3 Å². The van der Waals surface area contributed by atoms with Crippen molar-refractivity contribution >= 4 is 23.1 Å². The Labute approximate surface area is 180 Å². The molecule has 0 saturated heterocycles. The van der Waals surface area contributed by atoms with Crippen LogP contribution in [0.4, 0.5) is 0 Å². The van der Waals surface area contributed by atoms with Gasteiger partial charge in [-0.1, -0.05) is 19.9 Å². The zero-order chi connectivity index (χ0) is 21.4. The number of hydrogen-bond donors (Lipinski definition) is 1. The van der Waals surface area contributed by atoms with Gasteiger partial charge in [0.15, 0.2) is 5.78 Å². The van der Waals surface area contributed by atoms with Crippen LogP contribution in [-0.4, -0.2) is 18.4 Å². The van der Waals surface area contributed by atoms with Gasteiger partial charge >= 0.3 is 5.97 Å². The standard InChI is InChI=1S/C24H27NO4S/c1-13(2)12-28-24(27)21-15(4)25-17-10-16(20-6-5-9-30-20)11-18(26)22(17)23(21)19-8-7-14(3)29-19/h5-9,13,16,23,25H,10-12H2,1-4H3/t16-,23-/m0/s1. The molecule has 1 aliphatic carbocycles. The maximum Gasteiger partial charge on any atom is 0.336 e. The average Bonchev–Trinajstić information content (AvgIpc) is 3.36.